The number of anilines is 1. The van der Waals surface area contributed by atoms with Crippen LogP contribution >= 0.6 is 11.3 Å². The average Bonchev–Trinajstić information content (AvgIpc) is 3.21. The number of imidazole rings is 1. The van der Waals surface area contributed by atoms with Crippen LogP contribution in [0.25, 0.3) is 16.2 Å². The summed E-state index contributed by atoms with van der Waals surface area (Å²) in [6.45, 7) is 1.49. The highest BCUT2D eigenvalue weighted by Crippen LogP contribution is 2.30. The summed E-state index contributed by atoms with van der Waals surface area (Å²) in [7, 11) is 1.43. The topological polar surface area (TPSA) is 59.7 Å². The molecule has 1 aromatic carbocycles. The Bertz CT molecular complexity index is 874. The van der Waals surface area contributed by atoms with Crippen molar-refractivity contribution in [3.63, 3.8) is 0 Å². The highest BCUT2D eigenvalue weighted by Gasteiger charge is 2.28. The van der Waals surface area contributed by atoms with Crippen LogP contribution in [0.3, 0.4) is 0 Å². The van der Waals surface area contributed by atoms with Crippen LogP contribution in [0.1, 0.15) is 12.8 Å². The molecular weight excluding hydrogens is 343 g/mol. The number of benzene rings is 1. The van der Waals surface area contributed by atoms with Crippen LogP contribution in [0, 0.1) is 11.7 Å². The highest BCUT2D eigenvalue weighted by molar-refractivity contribution is 7.20. The summed E-state index contributed by atoms with van der Waals surface area (Å²) in [5.41, 5.74) is 1.61. The molecule has 130 valence electrons. The fourth-order valence-electron chi connectivity index (χ4n) is 3.09. The van der Waals surface area contributed by atoms with Gasteiger partial charge in [0, 0.05) is 18.7 Å². The standard InChI is InChI=1S/C17H17FN4O2S/c1-24-15(23)12-3-2-8-21(9-12)17-20-22-10-14(19-16(22)25-17)11-4-6-13(18)7-5-11/h4-7,10,12H,2-3,8-9H2,1H3/t12-/m0/s1. The molecule has 1 aliphatic rings. The van der Waals surface area contributed by atoms with Crippen LogP contribution in [0.4, 0.5) is 9.52 Å². The zero-order valence-corrected chi connectivity index (χ0v) is 14.5. The molecule has 0 unspecified atom stereocenters. The molecule has 0 N–H and O–H groups in total. The van der Waals surface area contributed by atoms with Gasteiger partial charge in [-0.3, -0.25) is 4.79 Å². The van der Waals surface area contributed by atoms with E-state index in [2.05, 4.69) is 15.0 Å². The van der Waals surface area contributed by atoms with E-state index in [1.165, 1.54) is 30.6 Å². The molecular formula is C17H17FN4O2S. The van der Waals surface area contributed by atoms with Crippen LogP contribution in [0.2, 0.25) is 0 Å². The van der Waals surface area contributed by atoms with Crippen molar-refractivity contribution < 1.29 is 13.9 Å². The summed E-state index contributed by atoms with van der Waals surface area (Å²) in [6.07, 6.45) is 3.62. The zero-order chi connectivity index (χ0) is 17.4. The molecule has 3 aromatic rings. The Morgan fingerprint density at radius 3 is 2.88 bits per heavy atom. The molecule has 1 fully saturated rings. The molecule has 0 aliphatic carbocycles. The Labute approximate surface area is 147 Å². The first-order valence-corrected chi connectivity index (χ1v) is 8.90. The highest BCUT2D eigenvalue weighted by atomic mass is 32.1. The predicted molar refractivity (Wildman–Crippen MR) is 93.2 cm³/mol. The summed E-state index contributed by atoms with van der Waals surface area (Å²) in [5, 5.41) is 5.44. The summed E-state index contributed by atoms with van der Waals surface area (Å²) in [4.78, 5) is 19.2. The Hall–Kier alpha value is -2.48. The van der Waals surface area contributed by atoms with Crippen LogP contribution < -0.4 is 4.90 Å². The van der Waals surface area contributed by atoms with Gasteiger partial charge in [-0.25, -0.2) is 13.9 Å². The molecule has 0 spiro atoms. The normalized spacial score (nSPS) is 17.8. The minimum atomic E-state index is -0.268. The molecule has 3 heterocycles. The summed E-state index contributed by atoms with van der Waals surface area (Å²) < 4.78 is 19.6. The van der Waals surface area contributed by atoms with E-state index in [-0.39, 0.29) is 17.7 Å². The lowest BCUT2D eigenvalue weighted by Gasteiger charge is -2.30. The lowest BCUT2D eigenvalue weighted by atomic mass is 9.99. The van der Waals surface area contributed by atoms with Crippen LogP contribution in [-0.2, 0) is 9.53 Å². The van der Waals surface area contributed by atoms with Gasteiger partial charge in [-0.2, -0.15) is 0 Å². The SMILES string of the molecule is COC(=O)[C@H]1CCCN(c2nn3cc(-c4ccc(F)cc4)nc3s2)C1. The number of esters is 1. The quantitative estimate of drug-likeness (QED) is 0.672. The van der Waals surface area contributed by atoms with Crippen LogP contribution in [-0.4, -0.2) is 40.8 Å². The third-order valence-electron chi connectivity index (χ3n) is 4.40. The van der Waals surface area contributed by atoms with Gasteiger partial charge in [0.25, 0.3) is 0 Å². The summed E-state index contributed by atoms with van der Waals surface area (Å²) in [6, 6.07) is 6.24. The third kappa shape index (κ3) is 3.09. The molecule has 6 nitrogen and oxygen atoms in total. The lowest BCUT2D eigenvalue weighted by Crippen LogP contribution is -2.39. The molecule has 1 aliphatic heterocycles. The number of hydrogen-bond donors (Lipinski definition) is 0. The molecule has 8 heteroatoms. The largest absolute Gasteiger partial charge is 0.469 e. The van der Waals surface area contributed by atoms with Crippen molar-refractivity contribution in [2.24, 2.45) is 5.92 Å². The van der Waals surface area contributed by atoms with E-state index < -0.39 is 0 Å². The van der Waals surface area contributed by atoms with Gasteiger partial charge in [-0.15, -0.1) is 5.10 Å². The second kappa shape index (κ2) is 6.44. The van der Waals surface area contributed by atoms with Crippen LogP contribution in [0.5, 0.6) is 0 Å². The van der Waals surface area contributed by atoms with E-state index in [9.17, 15) is 9.18 Å². The monoisotopic (exact) mass is 360 g/mol. The third-order valence-corrected chi connectivity index (χ3v) is 5.38. The average molecular weight is 360 g/mol. The van der Waals surface area contributed by atoms with Gasteiger partial charge in [0.05, 0.1) is 24.9 Å². The molecule has 2 aromatic heterocycles. The first-order chi connectivity index (χ1) is 12.1. The number of ether oxygens (including phenoxy) is 1. The molecule has 0 radical (unpaired) electrons. The summed E-state index contributed by atoms with van der Waals surface area (Å²) in [5.74, 6) is -0.537. The lowest BCUT2D eigenvalue weighted by molar-refractivity contribution is -0.145. The van der Waals surface area contributed by atoms with E-state index in [1.54, 1.807) is 16.6 Å². The number of rotatable bonds is 3. The number of piperidine rings is 1. The van der Waals surface area contributed by atoms with E-state index in [0.717, 1.165) is 40.7 Å². The Morgan fingerprint density at radius 1 is 1.36 bits per heavy atom. The van der Waals surface area contributed by atoms with Gasteiger partial charge in [0.15, 0.2) is 0 Å². The molecule has 1 atom stereocenters. The van der Waals surface area contributed by atoms with Gasteiger partial charge in [-0.1, -0.05) is 11.3 Å². The van der Waals surface area contributed by atoms with Crippen molar-refractivity contribution in [3.8, 4) is 11.3 Å². The van der Waals surface area contributed by atoms with E-state index >= 15 is 0 Å². The van der Waals surface area contributed by atoms with Gasteiger partial charge >= 0.3 is 5.97 Å². The maximum absolute atomic E-state index is 13.0. The summed E-state index contributed by atoms with van der Waals surface area (Å²) >= 11 is 1.48. The number of carbonyl (C=O) groups is 1. The number of fused-ring (bicyclic) bond motifs is 1. The molecule has 25 heavy (non-hydrogen) atoms. The van der Waals surface area contributed by atoms with Gasteiger partial charge in [-0.05, 0) is 37.1 Å². The minimum Gasteiger partial charge on any atom is -0.469 e. The molecule has 0 amide bonds. The smallest absolute Gasteiger partial charge is 0.310 e. The second-order valence-corrected chi connectivity index (χ2v) is 6.99. The molecule has 1 saturated heterocycles. The van der Waals surface area contributed by atoms with Gasteiger partial charge in [0.1, 0.15) is 5.82 Å². The maximum atomic E-state index is 13.0. The number of methoxy groups -OCH3 is 1. The van der Waals surface area contributed by atoms with Crippen molar-refractivity contribution in [2.75, 3.05) is 25.1 Å². The zero-order valence-electron chi connectivity index (χ0n) is 13.7. The van der Waals surface area contributed by atoms with Crippen LogP contribution in [0.15, 0.2) is 30.5 Å². The van der Waals surface area contributed by atoms with Gasteiger partial charge < -0.3 is 9.64 Å². The Morgan fingerprint density at radius 2 is 2.16 bits per heavy atom. The molecule has 0 saturated carbocycles. The van der Waals surface area contributed by atoms with E-state index in [4.69, 9.17) is 4.74 Å². The van der Waals surface area contributed by atoms with Crippen molar-refractivity contribution in [1.29, 1.82) is 0 Å². The first kappa shape index (κ1) is 16.0. The first-order valence-electron chi connectivity index (χ1n) is 8.09. The number of hydrogen-bond acceptors (Lipinski definition) is 6. The number of carbonyl (C=O) groups excluding carboxylic acids is 1. The number of nitrogens with zero attached hydrogens (tertiary/aromatic N) is 4. The maximum Gasteiger partial charge on any atom is 0.310 e. The van der Waals surface area contributed by atoms with Crippen molar-refractivity contribution >= 4 is 27.4 Å². The molecule has 0 bridgehead atoms. The van der Waals surface area contributed by atoms with E-state index in [1.807, 2.05) is 6.20 Å². The van der Waals surface area contributed by atoms with Crippen molar-refractivity contribution in [3.05, 3.63) is 36.3 Å². The van der Waals surface area contributed by atoms with Gasteiger partial charge in [0.2, 0.25) is 10.1 Å². The van der Waals surface area contributed by atoms with E-state index in [0.29, 0.717) is 6.54 Å². The van der Waals surface area contributed by atoms with Crippen molar-refractivity contribution in [2.45, 2.75) is 12.8 Å². The fourth-order valence-corrected chi connectivity index (χ4v) is 4.01. The Balaban J connectivity index is 1.57. The number of halogens is 1. The molecule has 4 rings (SSSR count). The number of aromatic nitrogens is 3. The van der Waals surface area contributed by atoms with Crippen molar-refractivity contribution in [1.82, 2.24) is 14.6 Å². The predicted octanol–water partition coefficient (Wildman–Crippen LogP) is 2.99. The second-order valence-electron chi connectivity index (χ2n) is 6.05. The fraction of sp³-hybridized carbons (Fsp3) is 0.353. The minimum absolute atomic E-state index is 0.107. The Kier molecular flexibility index (Phi) is 4.12.